The summed E-state index contributed by atoms with van der Waals surface area (Å²) in [7, 11) is 4.77. The Kier molecular flexibility index (Phi) is 5.63. The van der Waals surface area contributed by atoms with Gasteiger partial charge in [-0.1, -0.05) is 6.07 Å². The van der Waals surface area contributed by atoms with Crippen LogP contribution in [0, 0.1) is 0 Å². The molecule has 0 aliphatic carbocycles. The van der Waals surface area contributed by atoms with Gasteiger partial charge in [-0.2, -0.15) is 0 Å². The van der Waals surface area contributed by atoms with Crippen LogP contribution in [0.25, 0.3) is 0 Å². The first-order valence-corrected chi connectivity index (χ1v) is 7.33. The molecule has 1 amide bonds. The molecule has 1 N–H and O–H groups in total. The number of hydrogen-bond donors (Lipinski definition) is 1. The Hall–Kier alpha value is -1.79. The average Bonchev–Trinajstić information content (AvgIpc) is 3.07. The summed E-state index contributed by atoms with van der Waals surface area (Å²) in [5.41, 5.74) is 0.671. The first-order valence-electron chi connectivity index (χ1n) is 7.33. The van der Waals surface area contributed by atoms with E-state index in [1.807, 2.05) is 0 Å². The lowest BCUT2D eigenvalue weighted by atomic mass is 10.1. The molecular formula is C16H23NO5. The van der Waals surface area contributed by atoms with Gasteiger partial charge in [-0.3, -0.25) is 4.79 Å². The highest BCUT2D eigenvalue weighted by molar-refractivity contribution is 5.80. The van der Waals surface area contributed by atoms with E-state index in [1.54, 1.807) is 39.5 Å². The number of hydrogen-bond acceptors (Lipinski definition) is 5. The van der Waals surface area contributed by atoms with Gasteiger partial charge in [-0.15, -0.1) is 0 Å². The van der Waals surface area contributed by atoms with Crippen LogP contribution in [0.5, 0.6) is 11.5 Å². The van der Waals surface area contributed by atoms with Crippen molar-refractivity contribution in [3.8, 4) is 11.5 Å². The SMILES string of the molecule is COc1ccc(C(O)CN(C)C(=O)C2CCCO2)cc1OC. The van der Waals surface area contributed by atoms with E-state index in [4.69, 9.17) is 14.2 Å². The average molecular weight is 309 g/mol. The van der Waals surface area contributed by atoms with E-state index in [9.17, 15) is 9.90 Å². The number of likely N-dealkylation sites (N-methyl/N-ethyl adjacent to an activating group) is 1. The number of rotatable bonds is 6. The number of carbonyl (C=O) groups excluding carboxylic acids is 1. The van der Waals surface area contributed by atoms with Crippen LogP contribution in [0.15, 0.2) is 18.2 Å². The summed E-state index contributed by atoms with van der Waals surface area (Å²) < 4.78 is 15.8. The molecule has 1 heterocycles. The Morgan fingerprint density at radius 1 is 1.41 bits per heavy atom. The van der Waals surface area contributed by atoms with Gasteiger partial charge < -0.3 is 24.2 Å². The van der Waals surface area contributed by atoms with Crippen molar-refractivity contribution in [2.75, 3.05) is 34.4 Å². The zero-order valence-corrected chi connectivity index (χ0v) is 13.2. The zero-order chi connectivity index (χ0) is 16.1. The van der Waals surface area contributed by atoms with E-state index in [-0.39, 0.29) is 18.6 Å². The van der Waals surface area contributed by atoms with Crippen LogP contribution in [-0.2, 0) is 9.53 Å². The van der Waals surface area contributed by atoms with E-state index in [0.29, 0.717) is 23.7 Å². The quantitative estimate of drug-likeness (QED) is 0.860. The maximum atomic E-state index is 12.2. The molecule has 0 radical (unpaired) electrons. The molecule has 0 spiro atoms. The van der Waals surface area contributed by atoms with Crippen molar-refractivity contribution in [3.05, 3.63) is 23.8 Å². The zero-order valence-electron chi connectivity index (χ0n) is 13.2. The van der Waals surface area contributed by atoms with Gasteiger partial charge in [0.15, 0.2) is 11.5 Å². The van der Waals surface area contributed by atoms with Crippen LogP contribution >= 0.6 is 0 Å². The van der Waals surface area contributed by atoms with Gasteiger partial charge in [0.2, 0.25) is 0 Å². The van der Waals surface area contributed by atoms with Crippen molar-refractivity contribution in [2.45, 2.75) is 25.0 Å². The summed E-state index contributed by atoms with van der Waals surface area (Å²) in [5.74, 6) is 1.06. The van der Waals surface area contributed by atoms with Crippen molar-refractivity contribution in [1.82, 2.24) is 4.90 Å². The molecule has 0 bridgehead atoms. The Morgan fingerprint density at radius 2 is 2.14 bits per heavy atom. The molecule has 1 aliphatic rings. The van der Waals surface area contributed by atoms with E-state index in [2.05, 4.69) is 0 Å². The number of aliphatic hydroxyl groups is 1. The molecule has 2 atom stereocenters. The number of nitrogens with zero attached hydrogens (tertiary/aromatic N) is 1. The van der Waals surface area contributed by atoms with Gasteiger partial charge in [0.25, 0.3) is 5.91 Å². The van der Waals surface area contributed by atoms with Crippen molar-refractivity contribution >= 4 is 5.91 Å². The fraction of sp³-hybridized carbons (Fsp3) is 0.562. The Bertz CT molecular complexity index is 513. The lowest BCUT2D eigenvalue weighted by Gasteiger charge is -2.24. The molecule has 122 valence electrons. The number of benzene rings is 1. The number of ether oxygens (including phenoxy) is 3. The van der Waals surface area contributed by atoms with Crippen LogP contribution in [0.3, 0.4) is 0 Å². The smallest absolute Gasteiger partial charge is 0.251 e. The van der Waals surface area contributed by atoms with E-state index in [0.717, 1.165) is 12.8 Å². The van der Waals surface area contributed by atoms with Gasteiger partial charge >= 0.3 is 0 Å². The van der Waals surface area contributed by atoms with Crippen molar-refractivity contribution in [3.63, 3.8) is 0 Å². The maximum absolute atomic E-state index is 12.2. The first kappa shape index (κ1) is 16.6. The molecule has 2 rings (SSSR count). The van der Waals surface area contributed by atoms with E-state index >= 15 is 0 Å². The van der Waals surface area contributed by atoms with Crippen LogP contribution < -0.4 is 9.47 Å². The predicted molar refractivity (Wildman–Crippen MR) is 81.1 cm³/mol. The molecule has 0 aromatic heterocycles. The molecule has 2 unspecified atom stereocenters. The third kappa shape index (κ3) is 3.69. The minimum Gasteiger partial charge on any atom is -0.493 e. The van der Waals surface area contributed by atoms with Crippen LogP contribution in [-0.4, -0.2) is 56.4 Å². The predicted octanol–water partition coefficient (Wildman–Crippen LogP) is 1.37. The largest absolute Gasteiger partial charge is 0.493 e. The summed E-state index contributed by atoms with van der Waals surface area (Å²) in [6.07, 6.45) is 0.482. The monoisotopic (exact) mass is 309 g/mol. The van der Waals surface area contributed by atoms with Crippen LogP contribution in [0.4, 0.5) is 0 Å². The Labute approximate surface area is 130 Å². The number of methoxy groups -OCH3 is 2. The van der Waals surface area contributed by atoms with Gasteiger partial charge in [-0.05, 0) is 30.5 Å². The third-order valence-corrected chi connectivity index (χ3v) is 3.82. The van der Waals surface area contributed by atoms with Gasteiger partial charge in [-0.25, -0.2) is 0 Å². The fourth-order valence-electron chi connectivity index (χ4n) is 2.53. The molecule has 1 aromatic rings. The van der Waals surface area contributed by atoms with Crippen molar-refractivity contribution < 1.29 is 24.1 Å². The summed E-state index contributed by atoms with van der Waals surface area (Å²) in [6, 6.07) is 5.21. The minimum absolute atomic E-state index is 0.0861. The molecular weight excluding hydrogens is 286 g/mol. The highest BCUT2D eigenvalue weighted by Crippen LogP contribution is 2.30. The lowest BCUT2D eigenvalue weighted by molar-refractivity contribution is -0.140. The standard InChI is InChI=1S/C16H23NO5/c1-17(16(19)14-5-4-8-22-14)10-12(18)11-6-7-13(20-2)15(9-11)21-3/h6-7,9,12,14,18H,4-5,8,10H2,1-3H3. The van der Waals surface area contributed by atoms with Gasteiger partial charge in [0.05, 0.1) is 26.9 Å². The highest BCUT2D eigenvalue weighted by Gasteiger charge is 2.27. The molecule has 0 saturated carbocycles. The van der Waals surface area contributed by atoms with E-state index < -0.39 is 6.10 Å². The summed E-state index contributed by atoms with van der Waals surface area (Å²) in [5, 5.41) is 10.3. The minimum atomic E-state index is -0.796. The molecule has 1 aromatic carbocycles. The second-order valence-corrected chi connectivity index (χ2v) is 5.35. The summed E-state index contributed by atoms with van der Waals surface area (Å²) >= 11 is 0. The second-order valence-electron chi connectivity index (χ2n) is 5.35. The van der Waals surface area contributed by atoms with Gasteiger partial charge in [0, 0.05) is 13.7 Å². The van der Waals surface area contributed by atoms with Crippen LogP contribution in [0.2, 0.25) is 0 Å². The fourth-order valence-corrected chi connectivity index (χ4v) is 2.53. The number of amides is 1. The molecule has 6 nitrogen and oxygen atoms in total. The Balaban J connectivity index is 2.01. The third-order valence-electron chi connectivity index (χ3n) is 3.82. The molecule has 1 aliphatic heterocycles. The topological polar surface area (TPSA) is 68.2 Å². The van der Waals surface area contributed by atoms with Gasteiger partial charge in [0.1, 0.15) is 6.10 Å². The maximum Gasteiger partial charge on any atom is 0.251 e. The summed E-state index contributed by atoms with van der Waals surface area (Å²) in [6.45, 7) is 0.830. The van der Waals surface area contributed by atoms with E-state index in [1.165, 1.54) is 4.90 Å². The van der Waals surface area contributed by atoms with Crippen molar-refractivity contribution in [2.24, 2.45) is 0 Å². The van der Waals surface area contributed by atoms with Crippen LogP contribution in [0.1, 0.15) is 24.5 Å². The Morgan fingerprint density at radius 3 is 2.73 bits per heavy atom. The molecule has 22 heavy (non-hydrogen) atoms. The normalized spacial score (nSPS) is 18.8. The second kappa shape index (κ2) is 7.47. The summed E-state index contributed by atoms with van der Waals surface area (Å²) in [4.78, 5) is 13.7. The molecule has 1 saturated heterocycles. The molecule has 1 fully saturated rings. The number of carbonyl (C=O) groups is 1. The van der Waals surface area contributed by atoms with Crippen molar-refractivity contribution in [1.29, 1.82) is 0 Å². The number of aliphatic hydroxyl groups excluding tert-OH is 1. The molecule has 6 heteroatoms. The highest BCUT2D eigenvalue weighted by atomic mass is 16.5. The lowest BCUT2D eigenvalue weighted by Crippen LogP contribution is -2.38. The first-order chi connectivity index (χ1) is 10.6.